The van der Waals surface area contributed by atoms with Crippen LogP contribution < -0.4 is 4.90 Å². The highest BCUT2D eigenvalue weighted by molar-refractivity contribution is 5.84. The molecule has 5 rings (SSSR count). The third kappa shape index (κ3) is 2.54. The number of fused-ring (bicyclic) bond motifs is 1. The fourth-order valence-electron chi connectivity index (χ4n) is 6.21. The van der Waals surface area contributed by atoms with Crippen molar-refractivity contribution in [2.45, 2.75) is 70.1 Å². The molecule has 2 heterocycles. The van der Waals surface area contributed by atoms with Crippen molar-refractivity contribution in [2.24, 2.45) is 5.92 Å². The van der Waals surface area contributed by atoms with E-state index in [0.717, 1.165) is 25.8 Å². The number of anilines is 1. The second kappa shape index (κ2) is 7.01. The molecule has 3 heteroatoms. The second-order valence-corrected chi connectivity index (χ2v) is 9.45. The molecule has 156 valence electrons. The maximum absolute atomic E-state index is 12.8. The van der Waals surface area contributed by atoms with Crippen LogP contribution in [0.5, 0.6) is 0 Å². The monoisotopic (exact) mass is 401 g/mol. The summed E-state index contributed by atoms with van der Waals surface area (Å²) in [6.45, 7) is 7.61. The highest BCUT2D eigenvalue weighted by Crippen LogP contribution is 2.65. The topological polar surface area (TPSA) is 29.5 Å². The Morgan fingerprint density at radius 1 is 1.10 bits per heavy atom. The Labute approximate surface area is 179 Å². The first-order valence-corrected chi connectivity index (χ1v) is 11.4. The lowest BCUT2D eigenvalue weighted by atomic mass is 9.65. The van der Waals surface area contributed by atoms with E-state index in [2.05, 4.69) is 86.3 Å². The molecule has 3 atom stereocenters. The number of hydrogen-bond donors (Lipinski definition) is 0. The standard InChI is InChI=1S/C27H31NO2/c1-4-5-15-26-16-21(19(2)3)25-27(26,17-24(29)30-26)22-13-9-10-14-23(22)28(25)18-20-11-7-6-8-12-20/h6-14,16,19,25H,4-5,15,17-18H2,1-3H3/t25-,26-,27-/m0/s1. The number of nitrogens with zero attached hydrogens (tertiary/aromatic N) is 1. The third-order valence-electron chi connectivity index (χ3n) is 7.43. The summed E-state index contributed by atoms with van der Waals surface area (Å²) >= 11 is 0. The predicted octanol–water partition coefficient (Wildman–Crippen LogP) is 5.79. The second-order valence-electron chi connectivity index (χ2n) is 9.45. The first-order valence-electron chi connectivity index (χ1n) is 11.4. The lowest BCUT2D eigenvalue weighted by molar-refractivity contribution is -0.146. The minimum Gasteiger partial charge on any atom is -0.454 e. The summed E-state index contributed by atoms with van der Waals surface area (Å²) in [5.74, 6) is 0.355. The summed E-state index contributed by atoms with van der Waals surface area (Å²) < 4.78 is 6.27. The summed E-state index contributed by atoms with van der Waals surface area (Å²) in [4.78, 5) is 15.4. The van der Waals surface area contributed by atoms with Gasteiger partial charge in [-0.05, 0) is 47.6 Å². The average Bonchev–Trinajstić information content (AvgIpc) is 3.28. The summed E-state index contributed by atoms with van der Waals surface area (Å²) in [5.41, 5.74) is 4.43. The molecule has 1 aliphatic carbocycles. The van der Waals surface area contributed by atoms with Crippen molar-refractivity contribution >= 4 is 11.7 Å². The molecule has 2 aliphatic heterocycles. The molecule has 2 aromatic carbocycles. The van der Waals surface area contributed by atoms with Crippen LogP contribution >= 0.6 is 0 Å². The molecule has 0 amide bonds. The molecule has 0 aromatic heterocycles. The first-order chi connectivity index (χ1) is 14.5. The van der Waals surface area contributed by atoms with E-state index in [4.69, 9.17) is 4.74 Å². The Kier molecular flexibility index (Phi) is 4.53. The molecule has 0 bridgehead atoms. The van der Waals surface area contributed by atoms with Gasteiger partial charge in [0.25, 0.3) is 0 Å². The van der Waals surface area contributed by atoms with Crippen LogP contribution in [0.1, 0.15) is 57.6 Å². The highest BCUT2D eigenvalue weighted by atomic mass is 16.6. The minimum absolute atomic E-state index is 0.0495. The van der Waals surface area contributed by atoms with Gasteiger partial charge in [0.15, 0.2) is 0 Å². The zero-order valence-electron chi connectivity index (χ0n) is 18.2. The number of benzene rings is 2. The Morgan fingerprint density at radius 2 is 1.83 bits per heavy atom. The molecule has 30 heavy (non-hydrogen) atoms. The van der Waals surface area contributed by atoms with Crippen LogP contribution in [0.25, 0.3) is 0 Å². The van der Waals surface area contributed by atoms with Crippen LogP contribution in [0.3, 0.4) is 0 Å². The van der Waals surface area contributed by atoms with E-state index in [1.807, 2.05) is 0 Å². The fourth-order valence-corrected chi connectivity index (χ4v) is 6.21. The molecule has 0 saturated carbocycles. The molecule has 1 spiro atoms. The van der Waals surface area contributed by atoms with Crippen molar-refractivity contribution in [3.63, 3.8) is 0 Å². The van der Waals surface area contributed by atoms with Crippen molar-refractivity contribution in [1.82, 2.24) is 0 Å². The Morgan fingerprint density at radius 3 is 2.57 bits per heavy atom. The molecular formula is C27H31NO2. The van der Waals surface area contributed by atoms with Gasteiger partial charge in [-0.25, -0.2) is 0 Å². The lowest BCUT2D eigenvalue weighted by Crippen LogP contribution is -2.52. The number of para-hydroxylation sites is 1. The van der Waals surface area contributed by atoms with Crippen LogP contribution in [0.2, 0.25) is 0 Å². The lowest BCUT2D eigenvalue weighted by Gasteiger charge is -2.40. The number of esters is 1. The van der Waals surface area contributed by atoms with Gasteiger partial charge in [-0.2, -0.15) is 0 Å². The van der Waals surface area contributed by atoms with Crippen LogP contribution in [0.15, 0.2) is 66.2 Å². The molecule has 3 nitrogen and oxygen atoms in total. The molecule has 0 unspecified atom stereocenters. The quantitative estimate of drug-likeness (QED) is 0.453. The smallest absolute Gasteiger partial charge is 0.307 e. The Hall–Kier alpha value is -2.55. The van der Waals surface area contributed by atoms with Gasteiger partial charge in [-0.15, -0.1) is 0 Å². The number of rotatable bonds is 6. The van der Waals surface area contributed by atoms with E-state index < -0.39 is 5.60 Å². The number of hydrogen-bond acceptors (Lipinski definition) is 3. The van der Waals surface area contributed by atoms with Crippen molar-refractivity contribution < 1.29 is 9.53 Å². The number of unbranched alkanes of at least 4 members (excludes halogenated alkanes) is 1. The van der Waals surface area contributed by atoms with Crippen LogP contribution in [0.4, 0.5) is 5.69 Å². The van der Waals surface area contributed by atoms with Crippen molar-refractivity contribution in [1.29, 1.82) is 0 Å². The first kappa shape index (κ1) is 19.4. The number of carbonyl (C=O) groups excluding carboxylic acids is 1. The van der Waals surface area contributed by atoms with E-state index in [9.17, 15) is 4.79 Å². The summed E-state index contributed by atoms with van der Waals surface area (Å²) in [6, 6.07) is 19.6. The predicted molar refractivity (Wildman–Crippen MR) is 120 cm³/mol. The van der Waals surface area contributed by atoms with E-state index >= 15 is 0 Å². The third-order valence-corrected chi connectivity index (χ3v) is 7.43. The molecule has 3 aliphatic rings. The molecular weight excluding hydrogens is 370 g/mol. The fraction of sp³-hybridized carbons (Fsp3) is 0.444. The zero-order valence-corrected chi connectivity index (χ0v) is 18.2. The molecule has 1 fully saturated rings. The summed E-state index contributed by atoms with van der Waals surface area (Å²) in [5, 5.41) is 0. The Bertz CT molecular complexity index is 995. The van der Waals surface area contributed by atoms with E-state index in [1.54, 1.807) is 0 Å². The van der Waals surface area contributed by atoms with Crippen molar-refractivity contribution in [3.8, 4) is 0 Å². The van der Waals surface area contributed by atoms with Crippen LogP contribution in [-0.4, -0.2) is 17.6 Å². The largest absolute Gasteiger partial charge is 0.454 e. The molecule has 0 radical (unpaired) electrons. The zero-order chi connectivity index (χ0) is 20.9. The summed E-state index contributed by atoms with van der Waals surface area (Å²) in [6.07, 6.45) is 5.88. The van der Waals surface area contributed by atoms with Gasteiger partial charge in [0.2, 0.25) is 0 Å². The highest BCUT2D eigenvalue weighted by Gasteiger charge is 2.72. The van der Waals surface area contributed by atoms with Gasteiger partial charge in [0.1, 0.15) is 5.60 Å². The van der Waals surface area contributed by atoms with Crippen molar-refractivity contribution in [2.75, 3.05) is 4.90 Å². The maximum Gasteiger partial charge on any atom is 0.307 e. The van der Waals surface area contributed by atoms with Crippen LogP contribution in [0, 0.1) is 5.92 Å². The average molecular weight is 402 g/mol. The van der Waals surface area contributed by atoms with E-state index in [0.29, 0.717) is 12.3 Å². The van der Waals surface area contributed by atoms with Gasteiger partial charge in [-0.3, -0.25) is 4.79 Å². The normalized spacial score (nSPS) is 28.9. The molecule has 0 N–H and O–H groups in total. The van der Waals surface area contributed by atoms with Gasteiger partial charge in [0.05, 0.1) is 17.9 Å². The van der Waals surface area contributed by atoms with Crippen molar-refractivity contribution in [3.05, 3.63) is 77.4 Å². The maximum atomic E-state index is 12.8. The molecule has 1 saturated heterocycles. The van der Waals surface area contributed by atoms with Gasteiger partial charge >= 0.3 is 5.97 Å². The number of carbonyl (C=O) groups is 1. The molecule has 2 aromatic rings. The number of ether oxygens (including phenoxy) is 1. The van der Waals surface area contributed by atoms with Gasteiger partial charge in [-0.1, -0.05) is 75.7 Å². The van der Waals surface area contributed by atoms with E-state index in [-0.39, 0.29) is 17.4 Å². The van der Waals surface area contributed by atoms with Gasteiger partial charge in [0, 0.05) is 12.2 Å². The summed E-state index contributed by atoms with van der Waals surface area (Å²) in [7, 11) is 0. The SMILES string of the molecule is CCCC[C@]12C=C(C(C)C)[C@@H]3N(Cc4ccccc4)c4ccccc4[C@@]31CC(=O)O2. The minimum atomic E-state index is -0.522. The Balaban J connectivity index is 1.71. The van der Waals surface area contributed by atoms with Gasteiger partial charge < -0.3 is 9.64 Å². The van der Waals surface area contributed by atoms with E-state index in [1.165, 1.54) is 22.4 Å². The van der Waals surface area contributed by atoms with Crippen LogP contribution in [-0.2, 0) is 21.5 Å².